The summed E-state index contributed by atoms with van der Waals surface area (Å²) in [6.45, 7) is 3.64. The molecule has 3 atom stereocenters. The third-order valence-corrected chi connectivity index (χ3v) is 5.22. The fraction of sp³-hybridized carbons (Fsp3) is 0.647. The molecule has 3 aliphatic heterocycles. The molecule has 108 valence electrons. The highest BCUT2D eigenvalue weighted by atomic mass is 16.6. The van der Waals surface area contributed by atoms with Crippen molar-refractivity contribution >= 4 is 0 Å². The third-order valence-electron chi connectivity index (χ3n) is 5.22. The number of benzene rings is 1. The van der Waals surface area contributed by atoms with Gasteiger partial charge in [0.05, 0.1) is 12.2 Å². The van der Waals surface area contributed by atoms with Crippen molar-refractivity contribution in [3.8, 4) is 0 Å². The predicted molar refractivity (Wildman–Crippen MR) is 77.7 cm³/mol. The minimum Gasteiger partial charge on any atom is -0.378 e. The Bertz CT molecular complexity index is 482. The lowest BCUT2D eigenvalue weighted by molar-refractivity contribution is -0.103. The van der Waals surface area contributed by atoms with Crippen LogP contribution in [0, 0.1) is 5.92 Å². The average molecular weight is 273 g/mol. The molecular formula is C17H23NO2. The van der Waals surface area contributed by atoms with E-state index in [0.29, 0.717) is 12.0 Å². The molecule has 3 nitrogen and oxygen atoms in total. The maximum Gasteiger partial charge on any atom is 0.0940 e. The van der Waals surface area contributed by atoms with Gasteiger partial charge in [-0.15, -0.1) is 0 Å². The largest absolute Gasteiger partial charge is 0.378 e. The summed E-state index contributed by atoms with van der Waals surface area (Å²) < 4.78 is 11.7. The number of fused-ring (bicyclic) bond motifs is 1. The van der Waals surface area contributed by atoms with Gasteiger partial charge in [0.25, 0.3) is 0 Å². The van der Waals surface area contributed by atoms with Crippen molar-refractivity contribution < 1.29 is 9.47 Å². The molecule has 0 amide bonds. The first-order chi connectivity index (χ1) is 9.86. The van der Waals surface area contributed by atoms with Crippen molar-refractivity contribution in [3.63, 3.8) is 0 Å². The Morgan fingerprint density at radius 1 is 1.20 bits per heavy atom. The van der Waals surface area contributed by atoms with Gasteiger partial charge in [-0.25, -0.2) is 0 Å². The van der Waals surface area contributed by atoms with E-state index in [9.17, 15) is 0 Å². The highest BCUT2D eigenvalue weighted by Crippen LogP contribution is 2.42. The molecule has 4 rings (SSSR count). The van der Waals surface area contributed by atoms with Gasteiger partial charge < -0.3 is 14.8 Å². The van der Waals surface area contributed by atoms with E-state index < -0.39 is 0 Å². The van der Waals surface area contributed by atoms with E-state index in [1.165, 1.54) is 11.1 Å². The number of hydrogen-bond acceptors (Lipinski definition) is 3. The van der Waals surface area contributed by atoms with Crippen molar-refractivity contribution in [2.45, 2.75) is 37.3 Å². The molecule has 1 N–H and O–H groups in total. The molecule has 2 saturated heterocycles. The van der Waals surface area contributed by atoms with Gasteiger partial charge >= 0.3 is 0 Å². The zero-order valence-corrected chi connectivity index (χ0v) is 11.9. The first-order valence-corrected chi connectivity index (χ1v) is 7.89. The first kappa shape index (κ1) is 12.8. The van der Waals surface area contributed by atoms with E-state index in [1.54, 1.807) is 0 Å². The van der Waals surface area contributed by atoms with E-state index in [-0.39, 0.29) is 5.60 Å². The molecule has 1 aromatic carbocycles. The summed E-state index contributed by atoms with van der Waals surface area (Å²) in [5.74, 6) is 0.673. The SMILES string of the molecule is c1ccc2c(c1)CCNC2C1CCOC2(CCOC2)C1. The zero-order valence-electron chi connectivity index (χ0n) is 11.9. The molecule has 2 fully saturated rings. The Balaban J connectivity index is 1.58. The topological polar surface area (TPSA) is 30.5 Å². The van der Waals surface area contributed by atoms with Crippen LogP contribution in [0.1, 0.15) is 36.4 Å². The van der Waals surface area contributed by atoms with Gasteiger partial charge in [0.2, 0.25) is 0 Å². The second kappa shape index (κ2) is 5.14. The third kappa shape index (κ3) is 2.18. The molecule has 1 aromatic rings. The lowest BCUT2D eigenvalue weighted by atomic mass is 9.77. The van der Waals surface area contributed by atoms with Crippen LogP contribution in [0.2, 0.25) is 0 Å². The van der Waals surface area contributed by atoms with Crippen LogP contribution in [0.5, 0.6) is 0 Å². The summed E-state index contributed by atoms with van der Waals surface area (Å²) in [7, 11) is 0. The second-order valence-electron chi connectivity index (χ2n) is 6.47. The number of rotatable bonds is 1. The molecule has 0 saturated carbocycles. The second-order valence-corrected chi connectivity index (χ2v) is 6.47. The van der Waals surface area contributed by atoms with Crippen LogP contribution in [-0.4, -0.2) is 32.0 Å². The Morgan fingerprint density at radius 2 is 2.15 bits per heavy atom. The summed E-state index contributed by atoms with van der Waals surface area (Å²) in [6, 6.07) is 9.43. The van der Waals surface area contributed by atoms with Gasteiger partial charge in [0.1, 0.15) is 0 Å². The number of nitrogens with one attached hydrogen (secondary N) is 1. The van der Waals surface area contributed by atoms with Crippen molar-refractivity contribution in [3.05, 3.63) is 35.4 Å². The summed E-state index contributed by atoms with van der Waals surface area (Å²) in [6.07, 6.45) is 4.52. The van der Waals surface area contributed by atoms with E-state index in [0.717, 1.165) is 52.0 Å². The van der Waals surface area contributed by atoms with E-state index in [2.05, 4.69) is 29.6 Å². The fourth-order valence-corrected chi connectivity index (χ4v) is 4.17. The molecule has 3 heterocycles. The normalized spacial score (nSPS) is 37.0. The van der Waals surface area contributed by atoms with E-state index >= 15 is 0 Å². The Labute approximate surface area is 120 Å². The van der Waals surface area contributed by atoms with Gasteiger partial charge in [0.15, 0.2) is 0 Å². The maximum atomic E-state index is 6.08. The first-order valence-electron chi connectivity index (χ1n) is 7.89. The van der Waals surface area contributed by atoms with Crippen LogP contribution >= 0.6 is 0 Å². The van der Waals surface area contributed by atoms with Gasteiger partial charge in [-0.2, -0.15) is 0 Å². The molecule has 3 heteroatoms. The standard InChI is InChI=1S/C17H23NO2/c1-2-4-15-13(3-1)5-8-18-16(15)14-6-9-20-17(11-14)7-10-19-12-17/h1-4,14,16,18H,5-12H2. The van der Waals surface area contributed by atoms with Crippen LogP contribution < -0.4 is 5.32 Å². The molecular weight excluding hydrogens is 250 g/mol. The van der Waals surface area contributed by atoms with Gasteiger partial charge in [0, 0.05) is 25.7 Å². The Kier molecular flexibility index (Phi) is 3.29. The molecule has 0 bridgehead atoms. The Morgan fingerprint density at radius 3 is 3.05 bits per heavy atom. The molecule has 3 aliphatic rings. The Hall–Kier alpha value is -0.900. The summed E-state index contributed by atoms with van der Waals surface area (Å²) in [5, 5.41) is 3.76. The molecule has 0 radical (unpaired) electrons. The van der Waals surface area contributed by atoms with Crippen LogP contribution in [0.15, 0.2) is 24.3 Å². The van der Waals surface area contributed by atoms with Crippen LogP contribution in [0.3, 0.4) is 0 Å². The van der Waals surface area contributed by atoms with Crippen LogP contribution in [-0.2, 0) is 15.9 Å². The van der Waals surface area contributed by atoms with Crippen molar-refractivity contribution in [1.29, 1.82) is 0 Å². The number of ether oxygens (including phenoxy) is 2. The van der Waals surface area contributed by atoms with Crippen molar-refractivity contribution in [2.24, 2.45) is 5.92 Å². The van der Waals surface area contributed by atoms with Gasteiger partial charge in [-0.05, 0) is 42.9 Å². The van der Waals surface area contributed by atoms with Crippen molar-refractivity contribution in [2.75, 3.05) is 26.4 Å². The fourth-order valence-electron chi connectivity index (χ4n) is 4.17. The smallest absolute Gasteiger partial charge is 0.0940 e. The monoisotopic (exact) mass is 273 g/mol. The van der Waals surface area contributed by atoms with Crippen molar-refractivity contribution in [1.82, 2.24) is 5.32 Å². The lowest BCUT2D eigenvalue weighted by Crippen LogP contribution is -2.45. The lowest BCUT2D eigenvalue weighted by Gasteiger charge is -2.42. The van der Waals surface area contributed by atoms with Gasteiger partial charge in [-0.1, -0.05) is 24.3 Å². The van der Waals surface area contributed by atoms with Gasteiger partial charge in [-0.3, -0.25) is 0 Å². The van der Waals surface area contributed by atoms with E-state index in [4.69, 9.17) is 9.47 Å². The van der Waals surface area contributed by atoms with E-state index in [1.807, 2.05) is 0 Å². The maximum absolute atomic E-state index is 6.08. The molecule has 3 unspecified atom stereocenters. The highest BCUT2D eigenvalue weighted by molar-refractivity contribution is 5.33. The molecule has 1 spiro atoms. The summed E-state index contributed by atoms with van der Waals surface area (Å²) in [5.41, 5.74) is 3.05. The van der Waals surface area contributed by atoms with Crippen LogP contribution in [0.25, 0.3) is 0 Å². The molecule has 0 aromatic heterocycles. The van der Waals surface area contributed by atoms with Crippen LogP contribution in [0.4, 0.5) is 0 Å². The molecule has 20 heavy (non-hydrogen) atoms. The minimum absolute atomic E-state index is 0.0109. The minimum atomic E-state index is 0.0109. The molecule has 0 aliphatic carbocycles. The summed E-state index contributed by atoms with van der Waals surface area (Å²) in [4.78, 5) is 0. The summed E-state index contributed by atoms with van der Waals surface area (Å²) >= 11 is 0. The number of hydrogen-bond donors (Lipinski definition) is 1. The highest BCUT2D eigenvalue weighted by Gasteiger charge is 2.43. The average Bonchev–Trinajstić information content (AvgIpc) is 2.94. The zero-order chi connectivity index (χ0) is 13.4. The quantitative estimate of drug-likeness (QED) is 0.852. The predicted octanol–water partition coefficient (Wildman–Crippen LogP) is 2.46.